The molecular formula is C20H16IN7O2S. The van der Waals surface area contributed by atoms with Crippen LogP contribution < -0.4 is 5.43 Å². The molecule has 0 saturated heterocycles. The minimum Gasteiger partial charge on any atom is -0.477 e. The number of aliphatic carboxylic acids is 1. The van der Waals surface area contributed by atoms with E-state index < -0.39 is 5.97 Å². The molecule has 1 aromatic carbocycles. The van der Waals surface area contributed by atoms with Crippen molar-refractivity contribution in [1.29, 1.82) is 0 Å². The summed E-state index contributed by atoms with van der Waals surface area (Å²) in [6.45, 7) is 1.99. The summed E-state index contributed by atoms with van der Waals surface area (Å²) in [5.41, 5.74) is 6.79. The molecule has 0 aliphatic heterocycles. The van der Waals surface area contributed by atoms with Gasteiger partial charge in [0.05, 0.1) is 24.1 Å². The number of thiazole rings is 1. The Morgan fingerprint density at radius 3 is 2.87 bits per heavy atom. The SMILES string of the molecule is Cc1cc(-c2csc(N/N=C(\Cn3cc(-c4ccccn4)nn3)C(=O)O)n2)ccc1I. The van der Waals surface area contributed by atoms with Gasteiger partial charge in [0, 0.05) is 20.7 Å². The summed E-state index contributed by atoms with van der Waals surface area (Å²) in [7, 11) is 0. The van der Waals surface area contributed by atoms with Gasteiger partial charge < -0.3 is 5.11 Å². The Bertz CT molecular complexity index is 1250. The van der Waals surface area contributed by atoms with Gasteiger partial charge in [-0.25, -0.2) is 14.5 Å². The maximum Gasteiger partial charge on any atom is 0.354 e. The Hall–Kier alpha value is -3.19. The molecule has 0 spiro atoms. The van der Waals surface area contributed by atoms with Crippen molar-refractivity contribution in [3.63, 3.8) is 0 Å². The number of carboxylic acids is 1. The van der Waals surface area contributed by atoms with Crippen molar-refractivity contribution in [3.8, 4) is 22.6 Å². The first-order chi connectivity index (χ1) is 15.0. The molecule has 2 N–H and O–H groups in total. The fourth-order valence-corrected chi connectivity index (χ4v) is 3.69. The molecule has 3 aromatic heterocycles. The largest absolute Gasteiger partial charge is 0.477 e. The molecule has 0 amide bonds. The van der Waals surface area contributed by atoms with Gasteiger partial charge in [0.2, 0.25) is 5.13 Å². The first-order valence-corrected chi connectivity index (χ1v) is 11.0. The Balaban J connectivity index is 1.48. The van der Waals surface area contributed by atoms with Crippen molar-refractivity contribution in [2.24, 2.45) is 5.10 Å². The van der Waals surface area contributed by atoms with Crippen molar-refractivity contribution < 1.29 is 9.90 Å². The summed E-state index contributed by atoms with van der Waals surface area (Å²) in [4.78, 5) is 20.3. The highest BCUT2D eigenvalue weighted by Gasteiger charge is 2.14. The van der Waals surface area contributed by atoms with E-state index in [1.807, 2.05) is 30.5 Å². The summed E-state index contributed by atoms with van der Waals surface area (Å²) in [5.74, 6) is -1.16. The predicted octanol–water partition coefficient (Wildman–Crippen LogP) is 3.93. The van der Waals surface area contributed by atoms with Gasteiger partial charge in [-0.05, 0) is 59.3 Å². The molecule has 11 heteroatoms. The van der Waals surface area contributed by atoms with E-state index in [-0.39, 0.29) is 12.3 Å². The number of hydrogen-bond donors (Lipinski definition) is 2. The van der Waals surface area contributed by atoms with Crippen molar-refractivity contribution in [1.82, 2.24) is 25.0 Å². The number of carboxylic acid groups (broad SMARTS) is 1. The second-order valence-corrected chi connectivity index (χ2v) is 8.51. The summed E-state index contributed by atoms with van der Waals surface area (Å²) >= 11 is 3.64. The third kappa shape index (κ3) is 5.11. The van der Waals surface area contributed by atoms with Gasteiger partial charge in [-0.15, -0.1) is 16.4 Å². The number of hydrazone groups is 1. The Labute approximate surface area is 195 Å². The van der Waals surface area contributed by atoms with Crippen molar-refractivity contribution in [2.75, 3.05) is 5.43 Å². The van der Waals surface area contributed by atoms with Gasteiger partial charge in [0.25, 0.3) is 0 Å². The number of halogens is 1. The molecule has 0 saturated carbocycles. The van der Waals surface area contributed by atoms with Crippen LogP contribution in [-0.4, -0.2) is 41.7 Å². The first-order valence-electron chi connectivity index (χ1n) is 9.09. The van der Waals surface area contributed by atoms with Crippen LogP contribution in [0.2, 0.25) is 0 Å². The lowest BCUT2D eigenvalue weighted by Crippen LogP contribution is -2.21. The highest BCUT2D eigenvalue weighted by Crippen LogP contribution is 2.27. The lowest BCUT2D eigenvalue weighted by atomic mass is 10.1. The van der Waals surface area contributed by atoms with E-state index >= 15 is 0 Å². The number of aromatic nitrogens is 5. The lowest BCUT2D eigenvalue weighted by molar-refractivity contribution is -0.129. The van der Waals surface area contributed by atoms with Crippen LogP contribution in [0, 0.1) is 10.5 Å². The minimum absolute atomic E-state index is 0.0588. The van der Waals surface area contributed by atoms with Gasteiger partial charge in [0.1, 0.15) is 5.69 Å². The Morgan fingerprint density at radius 1 is 1.26 bits per heavy atom. The van der Waals surface area contributed by atoms with Crippen molar-refractivity contribution >= 4 is 50.7 Å². The van der Waals surface area contributed by atoms with Crippen molar-refractivity contribution in [2.45, 2.75) is 13.5 Å². The summed E-state index contributed by atoms with van der Waals surface area (Å²) in [5, 5.41) is 23.9. The average molecular weight is 545 g/mol. The maximum atomic E-state index is 11.6. The van der Waals surface area contributed by atoms with E-state index in [1.54, 1.807) is 24.5 Å². The number of nitrogens with one attached hydrogen (secondary N) is 1. The van der Waals surface area contributed by atoms with Gasteiger partial charge in [-0.1, -0.05) is 17.3 Å². The fourth-order valence-electron chi connectivity index (χ4n) is 2.69. The van der Waals surface area contributed by atoms with Gasteiger partial charge in [-0.2, -0.15) is 5.10 Å². The highest BCUT2D eigenvalue weighted by atomic mass is 127. The van der Waals surface area contributed by atoms with E-state index in [2.05, 4.69) is 59.5 Å². The number of nitrogens with zero attached hydrogens (tertiary/aromatic N) is 6. The zero-order chi connectivity index (χ0) is 21.8. The van der Waals surface area contributed by atoms with Crippen LogP contribution in [0.15, 0.2) is 59.3 Å². The predicted molar refractivity (Wildman–Crippen MR) is 127 cm³/mol. The minimum atomic E-state index is -1.16. The quantitative estimate of drug-likeness (QED) is 0.205. The number of anilines is 1. The van der Waals surface area contributed by atoms with E-state index in [4.69, 9.17) is 0 Å². The average Bonchev–Trinajstić information content (AvgIpc) is 3.43. The number of hydrogen-bond acceptors (Lipinski definition) is 8. The van der Waals surface area contributed by atoms with Crippen molar-refractivity contribution in [3.05, 3.63) is 63.3 Å². The van der Waals surface area contributed by atoms with Crippen LogP contribution in [0.4, 0.5) is 5.13 Å². The summed E-state index contributed by atoms with van der Waals surface area (Å²) < 4.78 is 2.59. The molecule has 156 valence electrons. The molecule has 4 aromatic rings. The normalized spacial score (nSPS) is 11.5. The molecule has 4 rings (SSSR count). The second-order valence-electron chi connectivity index (χ2n) is 6.49. The molecule has 0 aliphatic rings. The highest BCUT2D eigenvalue weighted by molar-refractivity contribution is 14.1. The summed E-state index contributed by atoms with van der Waals surface area (Å²) in [6, 6.07) is 11.6. The van der Waals surface area contributed by atoms with Gasteiger partial charge in [0.15, 0.2) is 5.71 Å². The van der Waals surface area contributed by atoms with Crippen LogP contribution >= 0.6 is 33.9 Å². The molecule has 0 atom stereocenters. The van der Waals surface area contributed by atoms with Crippen LogP contribution in [0.25, 0.3) is 22.6 Å². The number of rotatable bonds is 7. The molecule has 0 radical (unpaired) electrons. The Kier molecular flexibility index (Phi) is 6.32. The first kappa shape index (κ1) is 21.1. The van der Waals surface area contributed by atoms with Crippen LogP contribution in [0.5, 0.6) is 0 Å². The number of carbonyl (C=O) groups is 1. The third-order valence-electron chi connectivity index (χ3n) is 4.27. The topological polar surface area (TPSA) is 118 Å². The van der Waals surface area contributed by atoms with Crippen LogP contribution in [-0.2, 0) is 11.3 Å². The monoisotopic (exact) mass is 545 g/mol. The molecule has 0 fully saturated rings. The lowest BCUT2D eigenvalue weighted by Gasteiger charge is -2.02. The molecule has 0 bridgehead atoms. The van der Waals surface area contributed by atoms with Crippen LogP contribution in [0.1, 0.15) is 5.56 Å². The number of aryl methyl sites for hydroxylation is 1. The van der Waals surface area contributed by atoms with E-state index in [0.29, 0.717) is 16.5 Å². The molecule has 31 heavy (non-hydrogen) atoms. The smallest absolute Gasteiger partial charge is 0.354 e. The zero-order valence-corrected chi connectivity index (χ0v) is 19.2. The Morgan fingerprint density at radius 2 is 2.13 bits per heavy atom. The van der Waals surface area contributed by atoms with Crippen LogP contribution in [0.3, 0.4) is 0 Å². The van der Waals surface area contributed by atoms with Gasteiger partial charge >= 0.3 is 5.97 Å². The number of pyridine rings is 1. The van der Waals surface area contributed by atoms with E-state index in [9.17, 15) is 9.90 Å². The third-order valence-corrected chi connectivity index (χ3v) is 6.23. The fraction of sp³-hybridized carbons (Fsp3) is 0.100. The second kappa shape index (κ2) is 9.31. The zero-order valence-electron chi connectivity index (χ0n) is 16.2. The molecule has 3 heterocycles. The molecule has 0 unspecified atom stereocenters. The molecule has 9 nitrogen and oxygen atoms in total. The standard InChI is InChI=1S/C20H16IN7O2S/c1-12-8-13(5-6-14(12)21)18-11-31-20(23-18)26-24-17(19(29)30)10-28-9-16(25-27-28)15-4-2-3-7-22-15/h2-9,11H,10H2,1H3,(H,23,26)(H,29,30)/b24-17+. The van der Waals surface area contributed by atoms with E-state index in [1.165, 1.54) is 25.2 Å². The number of benzene rings is 1. The van der Waals surface area contributed by atoms with Gasteiger partial charge in [-0.3, -0.25) is 10.4 Å². The molecular weight excluding hydrogens is 529 g/mol. The summed E-state index contributed by atoms with van der Waals surface area (Å²) in [6.07, 6.45) is 3.28. The van der Waals surface area contributed by atoms with E-state index in [0.717, 1.165) is 11.3 Å². The maximum absolute atomic E-state index is 11.6. The molecule has 0 aliphatic carbocycles.